The second-order valence-electron chi connectivity index (χ2n) is 9.47. The predicted octanol–water partition coefficient (Wildman–Crippen LogP) is 5.80. The Labute approximate surface area is 225 Å². The average molecular weight is 536 g/mol. The van der Waals surface area contributed by atoms with E-state index >= 15 is 0 Å². The van der Waals surface area contributed by atoms with E-state index in [0.717, 1.165) is 50.5 Å². The Kier molecular flexibility index (Phi) is 11.7. The predicted molar refractivity (Wildman–Crippen MR) is 152 cm³/mol. The van der Waals surface area contributed by atoms with E-state index in [9.17, 15) is 4.79 Å². The summed E-state index contributed by atoms with van der Waals surface area (Å²) in [4.78, 5) is 17.8. The van der Waals surface area contributed by atoms with E-state index in [2.05, 4.69) is 52.0 Å². The third-order valence-electron chi connectivity index (χ3n) is 5.60. The molecule has 0 bridgehead atoms. The number of amides is 1. The molecule has 0 saturated carbocycles. The van der Waals surface area contributed by atoms with Crippen LogP contribution >= 0.6 is 36.6 Å². The van der Waals surface area contributed by atoms with Crippen LogP contribution in [-0.2, 0) is 25.3 Å². The van der Waals surface area contributed by atoms with Crippen LogP contribution in [0.15, 0.2) is 53.4 Å². The number of carbonyl (C=O) groups is 1. The standard InChI is InChI=1S/C27H34N4OS.2ClH/c1-17-22(16-33-24-8-6-5-7-20(24)26(30)32)25(19-11-9-18(14-28)10-12-19)21(15-29)23(31-17)13-27(2,3)4;;/h5-12H,13-16,28-29H2,1-4H3,(H2,30,32);2*1H. The lowest BCUT2D eigenvalue weighted by atomic mass is 9.85. The molecule has 1 aromatic heterocycles. The Morgan fingerprint density at radius 2 is 1.57 bits per heavy atom. The number of hydrogen-bond donors (Lipinski definition) is 3. The molecule has 2 aromatic carbocycles. The van der Waals surface area contributed by atoms with Gasteiger partial charge < -0.3 is 17.2 Å². The number of thioether (sulfide) groups is 1. The number of carbonyl (C=O) groups excluding carboxylic acids is 1. The normalized spacial score (nSPS) is 10.9. The van der Waals surface area contributed by atoms with Crippen molar-refractivity contribution in [1.29, 1.82) is 0 Å². The molecule has 0 fully saturated rings. The van der Waals surface area contributed by atoms with Crippen molar-refractivity contribution in [2.45, 2.75) is 57.9 Å². The largest absolute Gasteiger partial charge is 0.366 e. The molecular formula is C27H36Cl2N4OS. The van der Waals surface area contributed by atoms with Crippen LogP contribution in [0.4, 0.5) is 0 Å². The zero-order valence-electron chi connectivity index (χ0n) is 20.8. The minimum absolute atomic E-state index is 0. The molecule has 0 aliphatic heterocycles. The molecule has 0 radical (unpaired) electrons. The molecule has 8 heteroatoms. The van der Waals surface area contributed by atoms with Gasteiger partial charge >= 0.3 is 0 Å². The molecule has 6 N–H and O–H groups in total. The molecule has 190 valence electrons. The summed E-state index contributed by atoms with van der Waals surface area (Å²) in [6.07, 6.45) is 0.839. The van der Waals surface area contributed by atoms with E-state index in [1.807, 2.05) is 18.2 Å². The summed E-state index contributed by atoms with van der Waals surface area (Å²) < 4.78 is 0. The van der Waals surface area contributed by atoms with Crippen LogP contribution < -0.4 is 17.2 Å². The third kappa shape index (κ3) is 7.69. The van der Waals surface area contributed by atoms with Crippen molar-refractivity contribution >= 4 is 42.5 Å². The van der Waals surface area contributed by atoms with Gasteiger partial charge in [-0.2, -0.15) is 0 Å². The van der Waals surface area contributed by atoms with Gasteiger partial charge in [0.2, 0.25) is 5.91 Å². The molecule has 0 unspecified atom stereocenters. The van der Waals surface area contributed by atoms with E-state index in [1.54, 1.807) is 17.8 Å². The second kappa shape index (κ2) is 13.3. The van der Waals surface area contributed by atoms with Gasteiger partial charge in [-0.1, -0.05) is 57.2 Å². The number of pyridine rings is 1. The van der Waals surface area contributed by atoms with Crippen molar-refractivity contribution < 1.29 is 4.79 Å². The van der Waals surface area contributed by atoms with E-state index in [0.29, 0.717) is 24.4 Å². The number of aryl methyl sites for hydroxylation is 1. The summed E-state index contributed by atoms with van der Waals surface area (Å²) in [7, 11) is 0. The Morgan fingerprint density at radius 1 is 0.943 bits per heavy atom. The molecule has 3 aromatic rings. The quantitative estimate of drug-likeness (QED) is 0.316. The molecule has 1 heterocycles. The topological polar surface area (TPSA) is 108 Å². The van der Waals surface area contributed by atoms with Crippen molar-refractivity contribution in [3.63, 3.8) is 0 Å². The van der Waals surface area contributed by atoms with Crippen LogP contribution in [0.3, 0.4) is 0 Å². The Hall–Kier alpha value is -2.09. The van der Waals surface area contributed by atoms with Crippen LogP contribution in [0.1, 0.15) is 59.2 Å². The third-order valence-corrected chi connectivity index (χ3v) is 6.70. The van der Waals surface area contributed by atoms with E-state index < -0.39 is 5.91 Å². The number of nitrogens with two attached hydrogens (primary N) is 3. The monoisotopic (exact) mass is 534 g/mol. The van der Waals surface area contributed by atoms with Crippen molar-refractivity contribution in [2.75, 3.05) is 0 Å². The Balaban J connectivity index is 0.00000306. The minimum atomic E-state index is -0.422. The first-order chi connectivity index (χ1) is 15.6. The number of nitrogens with zero attached hydrogens (tertiary/aromatic N) is 1. The van der Waals surface area contributed by atoms with Crippen LogP contribution in [0.2, 0.25) is 0 Å². The van der Waals surface area contributed by atoms with Gasteiger partial charge in [0, 0.05) is 35.1 Å². The number of rotatable bonds is 8. The SMILES string of the molecule is Cc1nc(CC(C)(C)C)c(CN)c(-c2ccc(CN)cc2)c1CSc1ccccc1C(N)=O.Cl.Cl. The summed E-state index contributed by atoms with van der Waals surface area (Å²) in [6.45, 7) is 9.60. The fourth-order valence-corrected chi connectivity index (χ4v) is 5.14. The van der Waals surface area contributed by atoms with Gasteiger partial charge in [0.05, 0.1) is 5.56 Å². The van der Waals surface area contributed by atoms with Crippen molar-refractivity contribution in [3.8, 4) is 11.1 Å². The molecule has 0 aliphatic rings. The van der Waals surface area contributed by atoms with Gasteiger partial charge in [-0.3, -0.25) is 9.78 Å². The Bertz CT molecular complexity index is 1150. The molecular weight excluding hydrogens is 499 g/mol. The first-order valence-electron chi connectivity index (χ1n) is 11.2. The highest BCUT2D eigenvalue weighted by molar-refractivity contribution is 7.98. The molecule has 0 atom stereocenters. The summed E-state index contributed by atoms with van der Waals surface area (Å²) >= 11 is 1.60. The van der Waals surface area contributed by atoms with Crippen LogP contribution in [0, 0.1) is 12.3 Å². The molecule has 35 heavy (non-hydrogen) atoms. The smallest absolute Gasteiger partial charge is 0.249 e. The van der Waals surface area contributed by atoms with Gasteiger partial charge in [0.25, 0.3) is 0 Å². The Morgan fingerprint density at radius 3 is 2.11 bits per heavy atom. The molecule has 0 aliphatic carbocycles. The molecule has 0 spiro atoms. The maximum absolute atomic E-state index is 11.9. The molecule has 1 amide bonds. The van der Waals surface area contributed by atoms with E-state index in [1.165, 1.54) is 0 Å². The zero-order valence-corrected chi connectivity index (χ0v) is 23.2. The van der Waals surface area contributed by atoms with Gasteiger partial charge in [-0.15, -0.1) is 36.6 Å². The maximum atomic E-state index is 11.9. The van der Waals surface area contributed by atoms with Crippen LogP contribution in [0.25, 0.3) is 11.1 Å². The number of halogens is 2. The van der Waals surface area contributed by atoms with Crippen molar-refractivity contribution in [2.24, 2.45) is 22.6 Å². The number of primary amides is 1. The lowest BCUT2D eigenvalue weighted by Crippen LogP contribution is -2.17. The van der Waals surface area contributed by atoms with Crippen LogP contribution in [-0.4, -0.2) is 10.9 Å². The van der Waals surface area contributed by atoms with Crippen LogP contribution in [0.5, 0.6) is 0 Å². The minimum Gasteiger partial charge on any atom is -0.366 e. The molecule has 3 rings (SSSR count). The lowest BCUT2D eigenvalue weighted by molar-refractivity contribution is 0.0997. The summed E-state index contributed by atoms with van der Waals surface area (Å²) in [5.74, 6) is 0.230. The van der Waals surface area contributed by atoms with Gasteiger partial charge in [-0.25, -0.2) is 0 Å². The summed E-state index contributed by atoms with van der Waals surface area (Å²) in [6, 6.07) is 15.8. The van der Waals surface area contributed by atoms with E-state index in [-0.39, 0.29) is 30.2 Å². The van der Waals surface area contributed by atoms with Gasteiger partial charge in [0.1, 0.15) is 0 Å². The fraction of sp³-hybridized carbons (Fsp3) is 0.333. The lowest BCUT2D eigenvalue weighted by Gasteiger charge is -2.24. The number of benzene rings is 2. The highest BCUT2D eigenvalue weighted by atomic mass is 35.5. The molecule has 0 saturated heterocycles. The maximum Gasteiger partial charge on any atom is 0.249 e. The highest BCUT2D eigenvalue weighted by Crippen LogP contribution is 2.37. The highest BCUT2D eigenvalue weighted by Gasteiger charge is 2.22. The first kappa shape index (κ1) is 30.9. The number of aromatic nitrogens is 1. The van der Waals surface area contributed by atoms with Crippen molar-refractivity contribution in [3.05, 3.63) is 82.2 Å². The fourth-order valence-electron chi connectivity index (χ4n) is 3.99. The number of hydrogen-bond acceptors (Lipinski definition) is 5. The summed E-state index contributed by atoms with van der Waals surface area (Å²) in [5.41, 5.74) is 25.9. The first-order valence-corrected chi connectivity index (χ1v) is 12.2. The molecule has 5 nitrogen and oxygen atoms in total. The zero-order chi connectivity index (χ0) is 24.2. The second-order valence-corrected chi connectivity index (χ2v) is 10.5. The van der Waals surface area contributed by atoms with Crippen molar-refractivity contribution in [1.82, 2.24) is 4.98 Å². The average Bonchev–Trinajstić information content (AvgIpc) is 2.77. The van der Waals surface area contributed by atoms with Gasteiger partial charge in [-0.05, 0) is 58.7 Å². The van der Waals surface area contributed by atoms with E-state index in [4.69, 9.17) is 22.2 Å². The summed E-state index contributed by atoms with van der Waals surface area (Å²) in [5, 5.41) is 0. The van der Waals surface area contributed by atoms with Gasteiger partial charge in [0.15, 0.2) is 0 Å².